The van der Waals surface area contributed by atoms with Gasteiger partial charge < -0.3 is 15.0 Å². The number of ether oxygens (including phenoxy) is 1. The Balaban J connectivity index is 2.12. The molecular formula is C10H17F3N2O2. The van der Waals surface area contributed by atoms with E-state index < -0.39 is 18.9 Å². The summed E-state index contributed by atoms with van der Waals surface area (Å²) < 4.78 is 39.3. The second-order valence-corrected chi connectivity index (χ2v) is 4.12. The fourth-order valence-electron chi connectivity index (χ4n) is 1.79. The predicted molar refractivity (Wildman–Crippen MR) is 55.6 cm³/mol. The molecule has 0 aromatic heterocycles. The van der Waals surface area contributed by atoms with Crippen molar-refractivity contribution in [2.45, 2.75) is 19.5 Å². The summed E-state index contributed by atoms with van der Waals surface area (Å²) in [6.07, 6.45) is -4.52. The minimum atomic E-state index is -4.47. The summed E-state index contributed by atoms with van der Waals surface area (Å²) in [5, 5.41) is 2.35. The van der Waals surface area contributed by atoms with Crippen molar-refractivity contribution >= 4 is 6.09 Å². The van der Waals surface area contributed by atoms with E-state index in [0.29, 0.717) is 12.5 Å². The molecular weight excluding hydrogens is 237 g/mol. The van der Waals surface area contributed by atoms with Crippen molar-refractivity contribution in [2.75, 3.05) is 32.8 Å². The molecule has 1 heterocycles. The average molecular weight is 254 g/mol. The number of amides is 1. The Morgan fingerprint density at radius 3 is 2.76 bits per heavy atom. The SMILES string of the molecule is CCN1CCC(CNC(=O)OCC(F)(F)F)C1. The van der Waals surface area contributed by atoms with E-state index in [4.69, 9.17) is 0 Å². The van der Waals surface area contributed by atoms with Crippen molar-refractivity contribution in [3.63, 3.8) is 0 Å². The molecule has 1 rings (SSSR count). The number of hydrogen-bond acceptors (Lipinski definition) is 3. The minimum Gasteiger partial charge on any atom is -0.440 e. The van der Waals surface area contributed by atoms with Gasteiger partial charge in [-0.05, 0) is 25.4 Å². The van der Waals surface area contributed by atoms with E-state index in [9.17, 15) is 18.0 Å². The zero-order valence-corrected chi connectivity index (χ0v) is 9.72. The van der Waals surface area contributed by atoms with E-state index in [-0.39, 0.29) is 0 Å². The second kappa shape index (κ2) is 6.09. The molecule has 0 spiro atoms. The van der Waals surface area contributed by atoms with Crippen LogP contribution < -0.4 is 5.32 Å². The Morgan fingerprint density at radius 2 is 2.24 bits per heavy atom. The molecule has 1 fully saturated rings. The number of alkyl halides is 3. The lowest BCUT2D eigenvalue weighted by molar-refractivity contribution is -0.160. The highest BCUT2D eigenvalue weighted by Crippen LogP contribution is 2.15. The van der Waals surface area contributed by atoms with Crippen molar-refractivity contribution in [1.82, 2.24) is 10.2 Å². The number of halogens is 3. The van der Waals surface area contributed by atoms with Crippen LogP contribution in [-0.4, -0.2) is 50.0 Å². The largest absolute Gasteiger partial charge is 0.440 e. The number of likely N-dealkylation sites (tertiary alicyclic amines) is 1. The van der Waals surface area contributed by atoms with Gasteiger partial charge >= 0.3 is 12.3 Å². The maximum absolute atomic E-state index is 11.7. The van der Waals surface area contributed by atoms with E-state index >= 15 is 0 Å². The number of nitrogens with one attached hydrogen (secondary N) is 1. The van der Waals surface area contributed by atoms with Crippen LogP contribution in [0.1, 0.15) is 13.3 Å². The quantitative estimate of drug-likeness (QED) is 0.828. The first-order valence-corrected chi connectivity index (χ1v) is 5.60. The highest BCUT2D eigenvalue weighted by atomic mass is 19.4. The van der Waals surface area contributed by atoms with Gasteiger partial charge in [0.25, 0.3) is 0 Å². The fraction of sp³-hybridized carbons (Fsp3) is 0.900. The number of hydrogen-bond donors (Lipinski definition) is 1. The molecule has 1 atom stereocenters. The summed E-state index contributed by atoms with van der Waals surface area (Å²) in [6, 6.07) is 0. The van der Waals surface area contributed by atoms with Gasteiger partial charge in [-0.1, -0.05) is 6.92 Å². The molecule has 1 saturated heterocycles. The molecule has 17 heavy (non-hydrogen) atoms. The highest BCUT2D eigenvalue weighted by molar-refractivity contribution is 5.67. The molecule has 0 aliphatic carbocycles. The highest BCUT2D eigenvalue weighted by Gasteiger charge is 2.29. The first-order valence-electron chi connectivity index (χ1n) is 5.60. The molecule has 1 N–H and O–H groups in total. The first kappa shape index (κ1) is 14.1. The summed E-state index contributed by atoms with van der Waals surface area (Å²) in [5.74, 6) is 0.299. The molecule has 1 aliphatic rings. The van der Waals surface area contributed by atoms with Crippen LogP contribution in [0.5, 0.6) is 0 Å². The van der Waals surface area contributed by atoms with E-state index in [1.165, 1.54) is 0 Å². The van der Waals surface area contributed by atoms with Crippen LogP contribution in [-0.2, 0) is 4.74 Å². The Bertz CT molecular complexity index is 258. The molecule has 100 valence electrons. The third-order valence-electron chi connectivity index (χ3n) is 2.72. The minimum absolute atomic E-state index is 0.299. The van der Waals surface area contributed by atoms with Crippen molar-refractivity contribution in [3.05, 3.63) is 0 Å². The normalized spacial score (nSPS) is 21.5. The van der Waals surface area contributed by atoms with Gasteiger partial charge in [-0.3, -0.25) is 0 Å². The standard InChI is InChI=1S/C10H17F3N2O2/c1-2-15-4-3-8(6-15)5-14-9(16)17-7-10(11,12)13/h8H,2-7H2,1H3,(H,14,16). The van der Waals surface area contributed by atoms with Gasteiger partial charge in [0.05, 0.1) is 0 Å². The van der Waals surface area contributed by atoms with E-state index in [1.54, 1.807) is 0 Å². The third kappa shape index (κ3) is 5.76. The molecule has 1 unspecified atom stereocenters. The molecule has 4 nitrogen and oxygen atoms in total. The van der Waals surface area contributed by atoms with Gasteiger partial charge in [-0.25, -0.2) is 4.79 Å². The molecule has 7 heteroatoms. The van der Waals surface area contributed by atoms with Gasteiger partial charge in [0.1, 0.15) is 0 Å². The second-order valence-electron chi connectivity index (χ2n) is 4.12. The van der Waals surface area contributed by atoms with Crippen LogP contribution in [0.2, 0.25) is 0 Å². The Hall–Kier alpha value is -0.980. The van der Waals surface area contributed by atoms with Crippen molar-refractivity contribution < 1.29 is 22.7 Å². The topological polar surface area (TPSA) is 41.6 Å². The van der Waals surface area contributed by atoms with Gasteiger partial charge in [0, 0.05) is 13.1 Å². The van der Waals surface area contributed by atoms with E-state index in [1.807, 2.05) is 6.92 Å². The summed E-state index contributed by atoms with van der Waals surface area (Å²) in [6.45, 7) is 3.68. The summed E-state index contributed by atoms with van der Waals surface area (Å²) in [7, 11) is 0. The molecule has 0 aromatic carbocycles. The zero-order valence-electron chi connectivity index (χ0n) is 9.72. The van der Waals surface area contributed by atoms with Crippen molar-refractivity contribution in [1.29, 1.82) is 0 Å². The number of rotatable bonds is 4. The maximum Gasteiger partial charge on any atom is 0.422 e. The Labute approximate surface area is 98.1 Å². The number of carbonyl (C=O) groups excluding carboxylic acids is 1. The Morgan fingerprint density at radius 1 is 1.53 bits per heavy atom. The van der Waals surface area contributed by atoms with Crippen LogP contribution in [0.4, 0.5) is 18.0 Å². The summed E-state index contributed by atoms with van der Waals surface area (Å²) >= 11 is 0. The monoisotopic (exact) mass is 254 g/mol. The zero-order chi connectivity index (χ0) is 12.9. The lowest BCUT2D eigenvalue weighted by Gasteiger charge is -2.14. The van der Waals surface area contributed by atoms with Gasteiger partial charge in [0.15, 0.2) is 6.61 Å². The lowest BCUT2D eigenvalue weighted by Crippen LogP contribution is -2.33. The van der Waals surface area contributed by atoms with E-state index in [2.05, 4.69) is 15.0 Å². The predicted octanol–water partition coefficient (Wildman–Crippen LogP) is 1.62. The molecule has 0 radical (unpaired) electrons. The molecule has 0 bridgehead atoms. The first-order chi connectivity index (χ1) is 7.90. The van der Waals surface area contributed by atoms with E-state index in [0.717, 1.165) is 26.1 Å². The van der Waals surface area contributed by atoms with Crippen molar-refractivity contribution in [3.8, 4) is 0 Å². The van der Waals surface area contributed by atoms with Crippen LogP contribution >= 0.6 is 0 Å². The number of carbonyl (C=O) groups is 1. The maximum atomic E-state index is 11.7. The lowest BCUT2D eigenvalue weighted by atomic mass is 10.1. The summed E-state index contributed by atoms with van der Waals surface area (Å²) in [4.78, 5) is 13.2. The van der Waals surface area contributed by atoms with Gasteiger partial charge in [-0.15, -0.1) is 0 Å². The molecule has 0 saturated carbocycles. The third-order valence-corrected chi connectivity index (χ3v) is 2.72. The number of nitrogens with zero attached hydrogens (tertiary/aromatic N) is 1. The van der Waals surface area contributed by atoms with Crippen molar-refractivity contribution in [2.24, 2.45) is 5.92 Å². The molecule has 1 aliphatic heterocycles. The van der Waals surface area contributed by atoms with Gasteiger partial charge in [0.2, 0.25) is 0 Å². The van der Waals surface area contributed by atoms with Gasteiger partial charge in [-0.2, -0.15) is 13.2 Å². The molecule has 0 aromatic rings. The average Bonchev–Trinajstić information content (AvgIpc) is 2.70. The Kier molecular flexibility index (Phi) is 5.04. The fourth-order valence-corrected chi connectivity index (χ4v) is 1.79. The van der Waals surface area contributed by atoms with Crippen LogP contribution in [0, 0.1) is 5.92 Å². The number of alkyl carbamates (subject to hydrolysis) is 1. The molecule has 1 amide bonds. The van der Waals surface area contributed by atoms with Crippen LogP contribution in [0.3, 0.4) is 0 Å². The van der Waals surface area contributed by atoms with Crippen LogP contribution in [0.15, 0.2) is 0 Å². The van der Waals surface area contributed by atoms with Crippen LogP contribution in [0.25, 0.3) is 0 Å². The summed E-state index contributed by atoms with van der Waals surface area (Å²) in [5.41, 5.74) is 0. The smallest absolute Gasteiger partial charge is 0.422 e.